The zero-order valence-corrected chi connectivity index (χ0v) is 27.3. The standard InChI is InChI=1S/C32H40FN5O5S.ClH/c1-4-5-18-38(32(40)35-31-21-26(34-23(2)39)10-15-30(31)33)27-16-19-37(20-17-27)22-24-6-11-28(12-7-24)43-29-13-8-25(9-14-29)36-44(3,41)42;/h6-15,21,27,36H,4-5,16-20,22H2,1-3H3,(H,34,39)(H,35,40);1H. The Balaban J connectivity index is 0.00000552. The summed E-state index contributed by atoms with van der Waals surface area (Å²) in [5.41, 5.74) is 2.06. The molecule has 0 aliphatic carbocycles. The van der Waals surface area contributed by atoms with Crippen molar-refractivity contribution in [2.24, 2.45) is 0 Å². The number of rotatable bonds is 12. The van der Waals surface area contributed by atoms with E-state index in [1.54, 1.807) is 24.3 Å². The number of piperidine rings is 1. The number of carbonyl (C=O) groups is 2. The highest BCUT2D eigenvalue weighted by Crippen LogP contribution is 2.26. The highest BCUT2D eigenvalue weighted by molar-refractivity contribution is 7.92. The highest BCUT2D eigenvalue weighted by Gasteiger charge is 2.28. The first-order chi connectivity index (χ1) is 21.0. The van der Waals surface area contributed by atoms with E-state index in [0.29, 0.717) is 29.4 Å². The van der Waals surface area contributed by atoms with Gasteiger partial charge in [0.25, 0.3) is 0 Å². The fraction of sp³-hybridized carbons (Fsp3) is 0.375. The van der Waals surface area contributed by atoms with Crippen LogP contribution in [0.1, 0.15) is 45.1 Å². The van der Waals surface area contributed by atoms with Crippen LogP contribution in [0, 0.1) is 5.82 Å². The first-order valence-electron chi connectivity index (χ1n) is 14.7. The largest absolute Gasteiger partial charge is 0.457 e. The van der Waals surface area contributed by atoms with Gasteiger partial charge in [0, 0.05) is 50.5 Å². The predicted octanol–water partition coefficient (Wildman–Crippen LogP) is 6.67. The van der Waals surface area contributed by atoms with Crippen molar-refractivity contribution in [2.75, 3.05) is 41.2 Å². The number of likely N-dealkylation sites (tertiary alicyclic amines) is 1. The molecule has 3 aromatic rings. The number of amides is 3. The lowest BCUT2D eigenvalue weighted by atomic mass is 10.0. The van der Waals surface area contributed by atoms with Crippen LogP contribution in [-0.4, -0.2) is 62.1 Å². The Labute approximate surface area is 270 Å². The number of hydrogen-bond acceptors (Lipinski definition) is 6. The lowest BCUT2D eigenvalue weighted by molar-refractivity contribution is -0.114. The topological polar surface area (TPSA) is 120 Å². The van der Waals surface area contributed by atoms with Crippen LogP contribution in [0.2, 0.25) is 0 Å². The second-order valence-corrected chi connectivity index (χ2v) is 12.8. The summed E-state index contributed by atoms with van der Waals surface area (Å²) in [5.74, 6) is 0.434. The van der Waals surface area contributed by atoms with E-state index in [1.165, 1.54) is 25.1 Å². The van der Waals surface area contributed by atoms with Crippen LogP contribution in [0.4, 0.5) is 26.2 Å². The fourth-order valence-corrected chi connectivity index (χ4v) is 5.68. The summed E-state index contributed by atoms with van der Waals surface area (Å²) >= 11 is 0. The molecule has 0 radical (unpaired) electrons. The second kappa shape index (κ2) is 16.4. The number of nitrogens with zero attached hydrogens (tertiary/aromatic N) is 2. The number of anilines is 3. The summed E-state index contributed by atoms with van der Waals surface area (Å²) in [6, 6.07) is 18.4. The average molecular weight is 662 g/mol. The van der Waals surface area contributed by atoms with Gasteiger partial charge in [0.2, 0.25) is 15.9 Å². The Hall–Kier alpha value is -3.87. The van der Waals surface area contributed by atoms with Crippen LogP contribution < -0.4 is 20.1 Å². The summed E-state index contributed by atoms with van der Waals surface area (Å²) in [6.45, 7) is 6.43. The molecule has 1 heterocycles. The molecule has 4 rings (SSSR count). The molecule has 244 valence electrons. The summed E-state index contributed by atoms with van der Waals surface area (Å²) in [5, 5.41) is 5.34. The number of benzene rings is 3. The molecule has 0 aromatic heterocycles. The van der Waals surface area contributed by atoms with Gasteiger partial charge in [0.05, 0.1) is 11.9 Å². The minimum atomic E-state index is -3.34. The quantitative estimate of drug-likeness (QED) is 0.200. The zero-order valence-electron chi connectivity index (χ0n) is 25.7. The number of halogens is 2. The Kier molecular flexibility index (Phi) is 13.0. The first kappa shape index (κ1) is 35.6. The summed E-state index contributed by atoms with van der Waals surface area (Å²) in [6.07, 6.45) is 4.48. The molecule has 45 heavy (non-hydrogen) atoms. The molecular weight excluding hydrogens is 621 g/mol. The van der Waals surface area contributed by atoms with Crippen molar-refractivity contribution in [1.29, 1.82) is 0 Å². The van der Waals surface area contributed by atoms with Gasteiger partial charge in [0.15, 0.2) is 0 Å². The molecule has 3 aromatic carbocycles. The molecule has 0 atom stereocenters. The zero-order chi connectivity index (χ0) is 31.7. The number of carbonyl (C=O) groups excluding carboxylic acids is 2. The third kappa shape index (κ3) is 11.2. The van der Waals surface area contributed by atoms with Gasteiger partial charge in [-0.2, -0.15) is 0 Å². The smallest absolute Gasteiger partial charge is 0.322 e. The number of hydrogen-bond donors (Lipinski definition) is 3. The van der Waals surface area contributed by atoms with Crippen molar-refractivity contribution in [3.63, 3.8) is 0 Å². The minimum Gasteiger partial charge on any atom is -0.457 e. The van der Waals surface area contributed by atoms with E-state index in [0.717, 1.165) is 57.1 Å². The van der Waals surface area contributed by atoms with Crippen molar-refractivity contribution < 1.29 is 27.1 Å². The monoisotopic (exact) mass is 661 g/mol. The number of ether oxygens (including phenoxy) is 1. The van der Waals surface area contributed by atoms with E-state index in [4.69, 9.17) is 4.74 Å². The molecule has 0 unspecified atom stereocenters. The molecule has 1 saturated heterocycles. The maximum Gasteiger partial charge on any atom is 0.322 e. The Morgan fingerprint density at radius 1 is 0.956 bits per heavy atom. The van der Waals surface area contributed by atoms with E-state index >= 15 is 0 Å². The minimum absolute atomic E-state index is 0. The summed E-state index contributed by atoms with van der Waals surface area (Å²) < 4.78 is 45.6. The normalized spacial score (nSPS) is 13.8. The molecule has 0 bridgehead atoms. The van der Waals surface area contributed by atoms with Crippen molar-refractivity contribution in [3.05, 3.63) is 78.1 Å². The predicted molar refractivity (Wildman–Crippen MR) is 178 cm³/mol. The van der Waals surface area contributed by atoms with Gasteiger partial charge in [0.1, 0.15) is 17.3 Å². The van der Waals surface area contributed by atoms with Gasteiger partial charge in [-0.25, -0.2) is 17.6 Å². The summed E-state index contributed by atoms with van der Waals surface area (Å²) in [7, 11) is -3.34. The highest BCUT2D eigenvalue weighted by atomic mass is 35.5. The number of urea groups is 1. The molecule has 3 N–H and O–H groups in total. The molecule has 0 spiro atoms. The van der Waals surface area contributed by atoms with Crippen molar-refractivity contribution in [1.82, 2.24) is 9.80 Å². The number of sulfonamides is 1. The molecule has 1 aliphatic rings. The maximum absolute atomic E-state index is 14.5. The van der Waals surface area contributed by atoms with Crippen LogP contribution >= 0.6 is 12.4 Å². The Bertz CT molecular complexity index is 1530. The maximum atomic E-state index is 14.5. The number of nitrogens with one attached hydrogen (secondary N) is 3. The van der Waals surface area contributed by atoms with E-state index in [1.807, 2.05) is 29.2 Å². The van der Waals surface area contributed by atoms with Gasteiger partial charge in [-0.05, 0) is 79.4 Å². The van der Waals surface area contributed by atoms with Crippen LogP contribution in [0.5, 0.6) is 11.5 Å². The van der Waals surface area contributed by atoms with Crippen molar-refractivity contribution >= 4 is 51.4 Å². The van der Waals surface area contributed by atoms with E-state index in [9.17, 15) is 22.4 Å². The lowest BCUT2D eigenvalue weighted by Gasteiger charge is -2.38. The van der Waals surface area contributed by atoms with Gasteiger partial charge < -0.3 is 20.3 Å². The average Bonchev–Trinajstić information content (AvgIpc) is 2.97. The van der Waals surface area contributed by atoms with Gasteiger partial charge in [-0.3, -0.25) is 14.4 Å². The third-order valence-electron chi connectivity index (χ3n) is 7.26. The van der Waals surface area contributed by atoms with E-state index in [2.05, 4.69) is 27.2 Å². The van der Waals surface area contributed by atoms with Gasteiger partial charge >= 0.3 is 6.03 Å². The van der Waals surface area contributed by atoms with E-state index < -0.39 is 15.8 Å². The van der Waals surface area contributed by atoms with E-state index in [-0.39, 0.29) is 36.1 Å². The summed E-state index contributed by atoms with van der Waals surface area (Å²) in [4.78, 5) is 28.9. The van der Waals surface area contributed by atoms with Crippen LogP contribution in [0.25, 0.3) is 0 Å². The SMILES string of the molecule is CCCCN(C(=O)Nc1cc(NC(C)=O)ccc1F)C1CCN(Cc2ccc(Oc3ccc(NS(C)(=O)=O)cc3)cc2)CC1.Cl. The van der Waals surface area contributed by atoms with Gasteiger partial charge in [-0.1, -0.05) is 25.5 Å². The van der Waals surface area contributed by atoms with Crippen LogP contribution in [0.15, 0.2) is 66.7 Å². The molecule has 1 aliphatic heterocycles. The molecule has 0 saturated carbocycles. The van der Waals surface area contributed by atoms with Crippen molar-refractivity contribution in [2.45, 2.75) is 52.1 Å². The second-order valence-electron chi connectivity index (χ2n) is 11.0. The van der Waals surface area contributed by atoms with Crippen LogP contribution in [0.3, 0.4) is 0 Å². The van der Waals surface area contributed by atoms with Crippen LogP contribution in [-0.2, 0) is 21.4 Å². The Morgan fingerprint density at radius 2 is 1.56 bits per heavy atom. The fourth-order valence-electron chi connectivity index (χ4n) is 5.12. The lowest BCUT2D eigenvalue weighted by Crippen LogP contribution is -2.49. The Morgan fingerprint density at radius 3 is 2.13 bits per heavy atom. The molecular formula is C32H41ClFN5O5S. The molecule has 3 amide bonds. The molecule has 1 fully saturated rings. The van der Waals surface area contributed by atoms with Crippen molar-refractivity contribution in [3.8, 4) is 11.5 Å². The third-order valence-corrected chi connectivity index (χ3v) is 7.87. The molecule has 13 heteroatoms. The van der Waals surface area contributed by atoms with Gasteiger partial charge in [-0.15, -0.1) is 12.4 Å². The first-order valence-corrected chi connectivity index (χ1v) is 16.6. The number of unbranched alkanes of at least 4 members (excludes halogenated alkanes) is 1. The molecule has 10 nitrogen and oxygen atoms in total.